The van der Waals surface area contributed by atoms with E-state index in [4.69, 9.17) is 0 Å². The molecule has 1 aromatic carbocycles. The van der Waals surface area contributed by atoms with Gasteiger partial charge in [-0.05, 0) is 24.1 Å². The molecule has 0 spiro atoms. The molecule has 15 heavy (non-hydrogen) atoms. The number of rotatable bonds is 3. The second-order valence-electron chi connectivity index (χ2n) is 3.05. The maximum absolute atomic E-state index is 12.9. The molecule has 0 radical (unpaired) electrons. The summed E-state index contributed by atoms with van der Waals surface area (Å²) in [6.45, 7) is 0.377. The fourth-order valence-corrected chi connectivity index (χ4v) is 1.07. The molecule has 5 heteroatoms. The predicted molar refractivity (Wildman–Crippen MR) is 47.3 cm³/mol. The molecule has 0 saturated carbocycles. The standard InChI is InChI=1S/C10H10F4O/c1-2-7-3-8(11)5-9(4-7)15-6-10(12,13)14/h3-5H,2,6H2,1H3. The van der Waals surface area contributed by atoms with Crippen LogP contribution in [-0.4, -0.2) is 12.8 Å². The van der Waals surface area contributed by atoms with Crippen LogP contribution in [0.4, 0.5) is 17.6 Å². The number of hydrogen-bond acceptors (Lipinski definition) is 1. The van der Waals surface area contributed by atoms with Gasteiger partial charge in [-0.2, -0.15) is 13.2 Å². The summed E-state index contributed by atoms with van der Waals surface area (Å²) >= 11 is 0. The van der Waals surface area contributed by atoms with E-state index in [1.165, 1.54) is 12.1 Å². The Balaban J connectivity index is 2.73. The summed E-state index contributed by atoms with van der Waals surface area (Å²) in [6, 6.07) is 3.60. The van der Waals surface area contributed by atoms with E-state index in [2.05, 4.69) is 4.74 Å². The Morgan fingerprint density at radius 1 is 1.20 bits per heavy atom. The number of benzene rings is 1. The summed E-state index contributed by atoms with van der Waals surface area (Å²) in [5, 5.41) is 0. The summed E-state index contributed by atoms with van der Waals surface area (Å²) in [6.07, 6.45) is -3.86. The highest BCUT2D eigenvalue weighted by Gasteiger charge is 2.28. The topological polar surface area (TPSA) is 9.23 Å². The molecule has 0 saturated heterocycles. The van der Waals surface area contributed by atoms with Crippen LogP contribution >= 0.6 is 0 Å². The first kappa shape index (κ1) is 11.8. The molecule has 1 nitrogen and oxygen atoms in total. The van der Waals surface area contributed by atoms with Crippen molar-refractivity contribution in [2.45, 2.75) is 19.5 Å². The van der Waals surface area contributed by atoms with Crippen LogP contribution in [0, 0.1) is 5.82 Å². The van der Waals surface area contributed by atoms with Crippen molar-refractivity contribution in [1.29, 1.82) is 0 Å². The summed E-state index contributed by atoms with van der Waals surface area (Å²) in [7, 11) is 0. The van der Waals surface area contributed by atoms with E-state index in [0.29, 0.717) is 12.0 Å². The smallest absolute Gasteiger partial charge is 0.422 e. The van der Waals surface area contributed by atoms with Crippen LogP contribution in [-0.2, 0) is 6.42 Å². The van der Waals surface area contributed by atoms with Gasteiger partial charge < -0.3 is 4.74 Å². The molecule has 1 rings (SSSR count). The molecule has 0 aliphatic heterocycles. The summed E-state index contributed by atoms with van der Waals surface area (Å²) < 4.78 is 52.7. The molecule has 0 aliphatic carbocycles. The van der Waals surface area contributed by atoms with E-state index < -0.39 is 18.6 Å². The monoisotopic (exact) mass is 222 g/mol. The molecule has 0 bridgehead atoms. The van der Waals surface area contributed by atoms with E-state index in [1.807, 2.05) is 0 Å². The largest absolute Gasteiger partial charge is 0.484 e. The third kappa shape index (κ3) is 4.18. The molecule has 0 atom stereocenters. The minimum absolute atomic E-state index is 0.0934. The zero-order chi connectivity index (χ0) is 11.5. The minimum Gasteiger partial charge on any atom is -0.484 e. The van der Waals surface area contributed by atoms with Gasteiger partial charge >= 0.3 is 6.18 Å². The number of halogens is 4. The first-order valence-electron chi connectivity index (χ1n) is 4.39. The first-order chi connectivity index (χ1) is 6.90. The van der Waals surface area contributed by atoms with Crippen LogP contribution in [0.5, 0.6) is 5.75 Å². The highest BCUT2D eigenvalue weighted by Crippen LogP contribution is 2.20. The average Bonchev–Trinajstić information content (AvgIpc) is 2.13. The molecule has 0 N–H and O–H groups in total. The molecule has 0 aliphatic rings. The normalized spacial score (nSPS) is 11.5. The second kappa shape index (κ2) is 4.51. The van der Waals surface area contributed by atoms with Crippen molar-refractivity contribution in [3.8, 4) is 5.75 Å². The third-order valence-corrected chi connectivity index (χ3v) is 1.74. The van der Waals surface area contributed by atoms with Crippen molar-refractivity contribution in [2.75, 3.05) is 6.61 Å². The van der Waals surface area contributed by atoms with Crippen molar-refractivity contribution in [3.63, 3.8) is 0 Å². The highest BCUT2D eigenvalue weighted by molar-refractivity contribution is 5.29. The Labute approximate surface area is 84.7 Å². The van der Waals surface area contributed by atoms with Gasteiger partial charge in [-0.15, -0.1) is 0 Å². The van der Waals surface area contributed by atoms with Crippen LogP contribution in [0.15, 0.2) is 18.2 Å². The van der Waals surface area contributed by atoms with Gasteiger partial charge in [0.15, 0.2) is 6.61 Å². The zero-order valence-corrected chi connectivity index (χ0v) is 8.07. The van der Waals surface area contributed by atoms with Gasteiger partial charge in [0, 0.05) is 6.07 Å². The van der Waals surface area contributed by atoms with E-state index >= 15 is 0 Å². The summed E-state index contributed by atoms with van der Waals surface area (Å²) in [5.74, 6) is -0.685. The van der Waals surface area contributed by atoms with E-state index in [9.17, 15) is 17.6 Å². The number of hydrogen-bond donors (Lipinski definition) is 0. The van der Waals surface area contributed by atoms with Gasteiger partial charge in [0.2, 0.25) is 0 Å². The lowest BCUT2D eigenvalue weighted by molar-refractivity contribution is -0.153. The molecular weight excluding hydrogens is 212 g/mol. The first-order valence-corrected chi connectivity index (χ1v) is 4.39. The Bertz CT molecular complexity index is 333. The fraction of sp³-hybridized carbons (Fsp3) is 0.400. The number of aryl methyl sites for hydroxylation is 1. The minimum atomic E-state index is -4.40. The Morgan fingerprint density at radius 3 is 2.40 bits per heavy atom. The van der Waals surface area contributed by atoms with Crippen molar-refractivity contribution < 1.29 is 22.3 Å². The Kier molecular flexibility index (Phi) is 3.55. The van der Waals surface area contributed by atoms with E-state index in [-0.39, 0.29) is 5.75 Å². The molecular formula is C10H10F4O. The van der Waals surface area contributed by atoms with Crippen molar-refractivity contribution >= 4 is 0 Å². The predicted octanol–water partition coefficient (Wildman–Crippen LogP) is 3.33. The highest BCUT2D eigenvalue weighted by atomic mass is 19.4. The SMILES string of the molecule is CCc1cc(F)cc(OCC(F)(F)F)c1. The second-order valence-corrected chi connectivity index (χ2v) is 3.05. The lowest BCUT2D eigenvalue weighted by Gasteiger charge is -2.10. The number of ether oxygens (including phenoxy) is 1. The van der Waals surface area contributed by atoms with Crippen molar-refractivity contribution in [1.82, 2.24) is 0 Å². The van der Waals surface area contributed by atoms with E-state index in [1.54, 1.807) is 6.92 Å². The molecule has 0 fully saturated rings. The van der Waals surface area contributed by atoms with Gasteiger partial charge in [-0.1, -0.05) is 6.92 Å². The number of alkyl halides is 3. The average molecular weight is 222 g/mol. The van der Waals surface area contributed by atoms with Gasteiger partial charge in [0.1, 0.15) is 11.6 Å². The maximum Gasteiger partial charge on any atom is 0.422 e. The summed E-state index contributed by atoms with van der Waals surface area (Å²) in [4.78, 5) is 0. The van der Waals surface area contributed by atoms with Crippen LogP contribution in [0.3, 0.4) is 0 Å². The lowest BCUT2D eigenvalue weighted by Crippen LogP contribution is -2.19. The Morgan fingerprint density at radius 2 is 1.87 bits per heavy atom. The fourth-order valence-electron chi connectivity index (χ4n) is 1.07. The molecule has 0 aromatic heterocycles. The molecule has 84 valence electrons. The van der Waals surface area contributed by atoms with E-state index in [0.717, 1.165) is 6.07 Å². The summed E-state index contributed by atoms with van der Waals surface area (Å²) in [5.41, 5.74) is 0.604. The Hall–Kier alpha value is -1.26. The lowest BCUT2D eigenvalue weighted by atomic mass is 10.1. The van der Waals surface area contributed by atoms with Crippen molar-refractivity contribution in [3.05, 3.63) is 29.6 Å². The van der Waals surface area contributed by atoms with Gasteiger partial charge in [-0.3, -0.25) is 0 Å². The van der Waals surface area contributed by atoms with Crippen molar-refractivity contribution in [2.24, 2.45) is 0 Å². The van der Waals surface area contributed by atoms with Gasteiger partial charge in [-0.25, -0.2) is 4.39 Å². The van der Waals surface area contributed by atoms with Gasteiger partial charge in [0.25, 0.3) is 0 Å². The van der Waals surface area contributed by atoms with Gasteiger partial charge in [0.05, 0.1) is 0 Å². The molecule has 0 amide bonds. The molecule has 0 unspecified atom stereocenters. The van der Waals surface area contributed by atoms with Crippen LogP contribution in [0.25, 0.3) is 0 Å². The van der Waals surface area contributed by atoms with Crippen LogP contribution in [0.2, 0.25) is 0 Å². The third-order valence-electron chi connectivity index (χ3n) is 1.74. The quantitative estimate of drug-likeness (QED) is 0.713. The maximum atomic E-state index is 12.9. The van der Waals surface area contributed by atoms with Crippen LogP contribution < -0.4 is 4.74 Å². The van der Waals surface area contributed by atoms with Crippen LogP contribution in [0.1, 0.15) is 12.5 Å². The zero-order valence-electron chi connectivity index (χ0n) is 8.07. The molecule has 1 aromatic rings. The molecule has 0 heterocycles.